The van der Waals surface area contributed by atoms with Gasteiger partial charge < -0.3 is 14.2 Å². The number of hydrogen-bond acceptors (Lipinski definition) is 5. The average molecular weight is 329 g/mol. The Hall–Kier alpha value is -2.12. The number of rotatable bonds is 3. The van der Waals surface area contributed by atoms with E-state index in [0.29, 0.717) is 19.2 Å². The van der Waals surface area contributed by atoms with Crippen LogP contribution in [0.2, 0.25) is 0 Å². The molecule has 0 spiro atoms. The molecule has 1 fully saturated rings. The average Bonchev–Trinajstić information content (AvgIpc) is 3.00. The minimum atomic E-state index is 0.0139. The maximum absolute atomic E-state index is 12.4. The maximum Gasteiger partial charge on any atom is 0.255 e. The zero-order chi connectivity index (χ0) is 16.5. The number of fused-ring (bicyclic) bond motifs is 1. The van der Waals surface area contributed by atoms with E-state index in [4.69, 9.17) is 9.72 Å². The predicted octanol–water partition coefficient (Wildman–Crippen LogP) is 0.503. The summed E-state index contributed by atoms with van der Waals surface area (Å²) in [5.41, 5.74) is 3.05. The molecular formula is C17H23N5O2. The number of nitrogens with one attached hydrogen (secondary N) is 1. The summed E-state index contributed by atoms with van der Waals surface area (Å²) in [5, 5.41) is 0. The lowest BCUT2D eigenvalue weighted by atomic mass is 10.1. The number of nitrogens with zero attached hydrogens (tertiary/aromatic N) is 4. The number of aromatic nitrogens is 3. The Balaban J connectivity index is 1.56. The summed E-state index contributed by atoms with van der Waals surface area (Å²) in [6.07, 6.45) is 2.82. The van der Waals surface area contributed by atoms with Crippen LogP contribution in [0.1, 0.15) is 17.0 Å². The first-order chi connectivity index (χ1) is 11.7. The maximum atomic E-state index is 12.4. The zero-order valence-corrected chi connectivity index (χ0v) is 14.0. The second-order valence-corrected chi connectivity index (χ2v) is 6.49. The molecule has 2 aromatic heterocycles. The summed E-state index contributed by atoms with van der Waals surface area (Å²) in [6.45, 7) is 5.40. The van der Waals surface area contributed by atoms with E-state index in [-0.39, 0.29) is 5.56 Å². The van der Waals surface area contributed by atoms with E-state index >= 15 is 0 Å². The molecule has 0 radical (unpaired) electrons. The molecule has 0 aliphatic carbocycles. The summed E-state index contributed by atoms with van der Waals surface area (Å²) in [4.78, 5) is 24.6. The van der Waals surface area contributed by atoms with Crippen molar-refractivity contribution in [3.05, 3.63) is 45.6 Å². The van der Waals surface area contributed by atoms with Crippen LogP contribution in [0.25, 0.3) is 0 Å². The first-order valence-corrected chi connectivity index (χ1v) is 8.48. The summed E-state index contributed by atoms with van der Waals surface area (Å²) in [6, 6.07) is 4.20. The molecule has 24 heavy (non-hydrogen) atoms. The second kappa shape index (κ2) is 6.41. The number of anilines is 1. The summed E-state index contributed by atoms with van der Waals surface area (Å²) >= 11 is 0. The standard InChI is InChI=1S/C17H23N5O2/c1-20-5-2-3-13(20)11-21-6-4-14-15(12-21)18-17(19-16(14)23)22-7-9-24-10-8-22/h2-3,5H,4,6-12H2,1H3,(H,18,19,23). The largest absolute Gasteiger partial charge is 0.378 e. The molecule has 0 bridgehead atoms. The molecule has 2 aromatic rings. The number of H-pyrrole nitrogens is 1. The van der Waals surface area contributed by atoms with E-state index in [0.717, 1.165) is 50.4 Å². The Labute approximate surface area is 140 Å². The molecule has 4 rings (SSSR count). The third-order valence-corrected chi connectivity index (χ3v) is 4.89. The highest BCUT2D eigenvalue weighted by Gasteiger charge is 2.23. The van der Waals surface area contributed by atoms with Crippen LogP contribution in [-0.4, -0.2) is 52.3 Å². The fourth-order valence-corrected chi connectivity index (χ4v) is 3.43. The van der Waals surface area contributed by atoms with Gasteiger partial charge in [-0.25, -0.2) is 4.98 Å². The van der Waals surface area contributed by atoms with Crippen molar-refractivity contribution in [2.24, 2.45) is 7.05 Å². The Bertz CT molecular complexity index is 776. The van der Waals surface area contributed by atoms with Crippen molar-refractivity contribution in [3.8, 4) is 0 Å². The van der Waals surface area contributed by atoms with E-state index in [1.165, 1.54) is 5.69 Å². The van der Waals surface area contributed by atoms with Crippen molar-refractivity contribution in [2.75, 3.05) is 37.7 Å². The Morgan fingerprint density at radius 2 is 2.12 bits per heavy atom. The SMILES string of the molecule is Cn1cccc1CN1CCc2c(nc(N3CCOCC3)[nH]c2=O)C1. The molecule has 7 heteroatoms. The van der Waals surface area contributed by atoms with Crippen molar-refractivity contribution in [2.45, 2.75) is 19.5 Å². The van der Waals surface area contributed by atoms with Gasteiger partial charge in [0.1, 0.15) is 0 Å². The van der Waals surface area contributed by atoms with E-state index < -0.39 is 0 Å². The van der Waals surface area contributed by atoms with Crippen LogP contribution in [0.4, 0.5) is 5.95 Å². The number of morpholine rings is 1. The van der Waals surface area contributed by atoms with Gasteiger partial charge in [-0.2, -0.15) is 0 Å². The van der Waals surface area contributed by atoms with Crippen LogP contribution in [0, 0.1) is 0 Å². The molecule has 128 valence electrons. The van der Waals surface area contributed by atoms with Gasteiger partial charge in [0.05, 0.1) is 18.9 Å². The highest BCUT2D eigenvalue weighted by atomic mass is 16.5. The second-order valence-electron chi connectivity index (χ2n) is 6.49. The van der Waals surface area contributed by atoms with Gasteiger partial charge in [0.15, 0.2) is 0 Å². The summed E-state index contributed by atoms with van der Waals surface area (Å²) < 4.78 is 7.52. The molecule has 1 N–H and O–H groups in total. The molecule has 1 saturated heterocycles. The normalized spacial score (nSPS) is 18.6. The van der Waals surface area contributed by atoms with Crippen LogP contribution >= 0.6 is 0 Å². The molecule has 0 amide bonds. The lowest BCUT2D eigenvalue weighted by molar-refractivity contribution is 0.122. The van der Waals surface area contributed by atoms with Gasteiger partial charge in [-0.05, 0) is 18.6 Å². The molecule has 0 atom stereocenters. The Kier molecular flexibility index (Phi) is 4.12. The van der Waals surface area contributed by atoms with E-state index in [1.54, 1.807) is 0 Å². The highest BCUT2D eigenvalue weighted by Crippen LogP contribution is 2.19. The molecule has 4 heterocycles. The minimum Gasteiger partial charge on any atom is -0.378 e. The van der Waals surface area contributed by atoms with Crippen LogP contribution < -0.4 is 10.5 Å². The summed E-state index contributed by atoms with van der Waals surface area (Å²) in [5.74, 6) is 0.683. The Morgan fingerprint density at radius 1 is 1.29 bits per heavy atom. The van der Waals surface area contributed by atoms with Crippen LogP contribution in [0.3, 0.4) is 0 Å². The third kappa shape index (κ3) is 2.97. The predicted molar refractivity (Wildman–Crippen MR) is 91.1 cm³/mol. The first kappa shape index (κ1) is 15.4. The molecule has 0 aromatic carbocycles. The van der Waals surface area contributed by atoms with Crippen LogP contribution in [0.15, 0.2) is 23.1 Å². The van der Waals surface area contributed by atoms with Gasteiger partial charge >= 0.3 is 0 Å². The van der Waals surface area contributed by atoms with Gasteiger partial charge in [0.2, 0.25) is 5.95 Å². The van der Waals surface area contributed by atoms with Crippen molar-refractivity contribution in [3.63, 3.8) is 0 Å². The van der Waals surface area contributed by atoms with Gasteiger partial charge in [-0.3, -0.25) is 14.7 Å². The smallest absolute Gasteiger partial charge is 0.255 e. The van der Waals surface area contributed by atoms with Gasteiger partial charge in [0, 0.05) is 57.2 Å². The van der Waals surface area contributed by atoms with Crippen molar-refractivity contribution < 1.29 is 4.74 Å². The fraction of sp³-hybridized carbons (Fsp3) is 0.529. The van der Waals surface area contributed by atoms with Crippen LogP contribution in [-0.2, 0) is 31.3 Å². The molecule has 2 aliphatic heterocycles. The number of hydrogen-bond donors (Lipinski definition) is 1. The quantitative estimate of drug-likeness (QED) is 0.888. The monoisotopic (exact) mass is 329 g/mol. The van der Waals surface area contributed by atoms with Crippen LogP contribution in [0.5, 0.6) is 0 Å². The highest BCUT2D eigenvalue weighted by molar-refractivity contribution is 5.34. The van der Waals surface area contributed by atoms with Gasteiger partial charge in [-0.1, -0.05) is 0 Å². The summed E-state index contributed by atoms with van der Waals surface area (Å²) in [7, 11) is 2.06. The van der Waals surface area contributed by atoms with E-state index in [1.807, 2.05) is 0 Å². The molecular weight excluding hydrogens is 306 g/mol. The topological polar surface area (TPSA) is 66.4 Å². The number of ether oxygens (including phenoxy) is 1. The fourth-order valence-electron chi connectivity index (χ4n) is 3.43. The number of aromatic amines is 1. The molecule has 0 saturated carbocycles. The van der Waals surface area contributed by atoms with Crippen molar-refractivity contribution in [1.29, 1.82) is 0 Å². The minimum absolute atomic E-state index is 0.0139. The van der Waals surface area contributed by atoms with Gasteiger partial charge in [-0.15, -0.1) is 0 Å². The molecule has 0 unspecified atom stereocenters. The lowest BCUT2D eigenvalue weighted by Crippen LogP contribution is -2.40. The third-order valence-electron chi connectivity index (χ3n) is 4.89. The van der Waals surface area contributed by atoms with Crippen molar-refractivity contribution in [1.82, 2.24) is 19.4 Å². The number of aryl methyl sites for hydroxylation is 1. The zero-order valence-electron chi connectivity index (χ0n) is 14.0. The first-order valence-electron chi connectivity index (χ1n) is 8.48. The lowest BCUT2D eigenvalue weighted by Gasteiger charge is -2.30. The van der Waals surface area contributed by atoms with Crippen molar-refractivity contribution >= 4 is 5.95 Å². The Morgan fingerprint density at radius 3 is 2.88 bits per heavy atom. The van der Waals surface area contributed by atoms with Gasteiger partial charge in [0.25, 0.3) is 5.56 Å². The van der Waals surface area contributed by atoms with E-state index in [9.17, 15) is 4.79 Å². The molecule has 2 aliphatic rings. The molecule has 7 nitrogen and oxygen atoms in total. The van der Waals surface area contributed by atoms with E-state index in [2.05, 4.69) is 44.7 Å².